The molecule has 17 heavy (non-hydrogen) atoms. The minimum absolute atomic E-state index is 0.185. The summed E-state index contributed by atoms with van der Waals surface area (Å²) >= 11 is 3.15. The number of benzene rings is 1. The average Bonchev–Trinajstić information content (AvgIpc) is 2.72. The molecule has 4 heteroatoms. The SMILES string of the molecule is O=C(O)C1CCCC1Cc1ccc(F)c(Br)c1. The van der Waals surface area contributed by atoms with Gasteiger partial charge in [0.05, 0.1) is 10.4 Å². The normalized spacial score (nSPS) is 23.9. The Morgan fingerprint density at radius 1 is 1.47 bits per heavy atom. The van der Waals surface area contributed by atoms with E-state index in [1.54, 1.807) is 12.1 Å². The first kappa shape index (κ1) is 12.6. The quantitative estimate of drug-likeness (QED) is 0.925. The molecule has 1 saturated carbocycles. The monoisotopic (exact) mass is 300 g/mol. The van der Waals surface area contributed by atoms with E-state index in [9.17, 15) is 9.18 Å². The van der Waals surface area contributed by atoms with Gasteiger partial charge in [-0.2, -0.15) is 0 Å². The van der Waals surface area contributed by atoms with Crippen LogP contribution in [0.1, 0.15) is 24.8 Å². The third-order valence-corrected chi connectivity index (χ3v) is 4.07. The number of carbonyl (C=O) groups is 1. The van der Waals surface area contributed by atoms with E-state index < -0.39 is 5.97 Å². The summed E-state index contributed by atoms with van der Waals surface area (Å²) < 4.78 is 13.5. The van der Waals surface area contributed by atoms with Gasteiger partial charge in [0, 0.05) is 0 Å². The van der Waals surface area contributed by atoms with E-state index in [0.717, 1.165) is 31.2 Å². The van der Waals surface area contributed by atoms with E-state index in [2.05, 4.69) is 15.9 Å². The molecule has 0 bridgehead atoms. The number of rotatable bonds is 3. The largest absolute Gasteiger partial charge is 0.481 e. The van der Waals surface area contributed by atoms with Crippen molar-refractivity contribution in [3.8, 4) is 0 Å². The first-order chi connectivity index (χ1) is 8.08. The van der Waals surface area contributed by atoms with Crippen LogP contribution in [0.2, 0.25) is 0 Å². The molecule has 2 atom stereocenters. The molecule has 2 rings (SSSR count). The number of halogens is 2. The average molecular weight is 301 g/mol. The maximum atomic E-state index is 13.1. The van der Waals surface area contributed by atoms with Crippen LogP contribution in [0.15, 0.2) is 22.7 Å². The van der Waals surface area contributed by atoms with Gasteiger partial charge in [-0.3, -0.25) is 4.79 Å². The van der Waals surface area contributed by atoms with Crippen molar-refractivity contribution in [3.05, 3.63) is 34.1 Å². The summed E-state index contributed by atoms with van der Waals surface area (Å²) in [6, 6.07) is 4.90. The summed E-state index contributed by atoms with van der Waals surface area (Å²) in [5.41, 5.74) is 0.997. The van der Waals surface area contributed by atoms with Crippen molar-refractivity contribution >= 4 is 21.9 Å². The summed E-state index contributed by atoms with van der Waals surface area (Å²) in [5.74, 6) is -1.03. The second kappa shape index (κ2) is 5.17. The summed E-state index contributed by atoms with van der Waals surface area (Å²) in [7, 11) is 0. The van der Waals surface area contributed by atoms with Crippen LogP contribution in [0.25, 0.3) is 0 Å². The van der Waals surface area contributed by atoms with Crippen LogP contribution in [0.5, 0.6) is 0 Å². The van der Waals surface area contributed by atoms with E-state index in [1.807, 2.05) is 0 Å². The zero-order valence-electron chi connectivity index (χ0n) is 9.33. The van der Waals surface area contributed by atoms with Gasteiger partial charge >= 0.3 is 5.97 Å². The van der Waals surface area contributed by atoms with Crippen LogP contribution in [-0.4, -0.2) is 11.1 Å². The van der Waals surface area contributed by atoms with Gasteiger partial charge in [0.15, 0.2) is 0 Å². The van der Waals surface area contributed by atoms with Crippen molar-refractivity contribution in [2.24, 2.45) is 11.8 Å². The first-order valence-corrected chi connectivity index (χ1v) is 6.54. The molecule has 1 fully saturated rings. The Balaban J connectivity index is 2.09. The minimum atomic E-state index is -0.700. The molecule has 0 aliphatic heterocycles. The molecule has 2 unspecified atom stereocenters. The highest BCUT2D eigenvalue weighted by atomic mass is 79.9. The van der Waals surface area contributed by atoms with Crippen LogP contribution in [0, 0.1) is 17.7 Å². The van der Waals surface area contributed by atoms with E-state index in [0.29, 0.717) is 4.47 Å². The minimum Gasteiger partial charge on any atom is -0.481 e. The summed E-state index contributed by atoms with van der Waals surface area (Å²) in [6.45, 7) is 0. The van der Waals surface area contributed by atoms with Gasteiger partial charge < -0.3 is 5.11 Å². The number of hydrogen-bond acceptors (Lipinski definition) is 1. The summed E-state index contributed by atoms with van der Waals surface area (Å²) in [5, 5.41) is 9.09. The Bertz CT molecular complexity index is 433. The zero-order valence-corrected chi connectivity index (χ0v) is 10.9. The van der Waals surface area contributed by atoms with Crippen LogP contribution in [0.3, 0.4) is 0 Å². The fourth-order valence-corrected chi connectivity index (χ4v) is 3.00. The third kappa shape index (κ3) is 2.86. The van der Waals surface area contributed by atoms with Crippen LogP contribution in [0.4, 0.5) is 4.39 Å². The molecule has 92 valence electrons. The lowest BCUT2D eigenvalue weighted by Gasteiger charge is -2.15. The maximum Gasteiger partial charge on any atom is 0.306 e. The second-order valence-electron chi connectivity index (χ2n) is 4.59. The van der Waals surface area contributed by atoms with E-state index in [1.165, 1.54) is 6.07 Å². The third-order valence-electron chi connectivity index (χ3n) is 3.46. The fourth-order valence-electron chi connectivity index (χ4n) is 2.58. The summed E-state index contributed by atoms with van der Waals surface area (Å²) in [4.78, 5) is 11.1. The van der Waals surface area contributed by atoms with Gasteiger partial charge in [-0.25, -0.2) is 4.39 Å². The molecule has 1 aromatic carbocycles. The molecule has 0 radical (unpaired) electrons. The molecular formula is C13H14BrFO2. The Kier molecular flexibility index (Phi) is 3.82. The van der Waals surface area contributed by atoms with Crippen molar-refractivity contribution in [1.29, 1.82) is 0 Å². The second-order valence-corrected chi connectivity index (χ2v) is 5.44. The Hall–Kier alpha value is -0.900. The van der Waals surface area contributed by atoms with Crippen LogP contribution >= 0.6 is 15.9 Å². The van der Waals surface area contributed by atoms with Crippen molar-refractivity contribution < 1.29 is 14.3 Å². The molecule has 0 aromatic heterocycles. The molecule has 0 amide bonds. The lowest BCUT2D eigenvalue weighted by atomic mass is 9.90. The first-order valence-electron chi connectivity index (χ1n) is 5.74. The lowest BCUT2D eigenvalue weighted by molar-refractivity contribution is -0.142. The maximum absolute atomic E-state index is 13.1. The zero-order chi connectivity index (χ0) is 12.4. The molecule has 0 spiro atoms. The van der Waals surface area contributed by atoms with Gasteiger partial charge in [-0.05, 0) is 58.8 Å². The highest BCUT2D eigenvalue weighted by molar-refractivity contribution is 9.10. The molecular weight excluding hydrogens is 287 g/mol. The Morgan fingerprint density at radius 3 is 2.88 bits per heavy atom. The van der Waals surface area contributed by atoms with E-state index in [4.69, 9.17) is 5.11 Å². The molecule has 1 aliphatic carbocycles. The highest BCUT2D eigenvalue weighted by Crippen LogP contribution is 2.34. The summed E-state index contributed by atoms with van der Waals surface area (Å²) in [6.07, 6.45) is 3.41. The topological polar surface area (TPSA) is 37.3 Å². The van der Waals surface area contributed by atoms with Crippen molar-refractivity contribution in [1.82, 2.24) is 0 Å². The van der Waals surface area contributed by atoms with Crippen molar-refractivity contribution in [3.63, 3.8) is 0 Å². The Labute approximate surface area is 108 Å². The van der Waals surface area contributed by atoms with Crippen molar-refractivity contribution in [2.75, 3.05) is 0 Å². The van der Waals surface area contributed by atoms with Gasteiger partial charge in [0.25, 0.3) is 0 Å². The molecule has 2 nitrogen and oxygen atoms in total. The predicted molar refractivity (Wildman–Crippen MR) is 66.3 cm³/mol. The van der Waals surface area contributed by atoms with Crippen LogP contribution < -0.4 is 0 Å². The van der Waals surface area contributed by atoms with Gasteiger partial charge in [-0.1, -0.05) is 12.5 Å². The molecule has 0 heterocycles. The van der Waals surface area contributed by atoms with Crippen molar-refractivity contribution in [2.45, 2.75) is 25.7 Å². The highest BCUT2D eigenvalue weighted by Gasteiger charge is 2.32. The number of hydrogen-bond donors (Lipinski definition) is 1. The van der Waals surface area contributed by atoms with Gasteiger partial charge in [0.2, 0.25) is 0 Å². The fraction of sp³-hybridized carbons (Fsp3) is 0.462. The van der Waals surface area contributed by atoms with E-state index >= 15 is 0 Å². The standard InChI is InChI=1S/C13H14BrFO2/c14-11-7-8(4-5-12(11)15)6-9-2-1-3-10(9)13(16)17/h4-5,7,9-10H,1-3,6H2,(H,16,17). The molecule has 0 saturated heterocycles. The van der Waals surface area contributed by atoms with Crippen LogP contribution in [-0.2, 0) is 11.2 Å². The number of aliphatic carboxylic acids is 1. The van der Waals surface area contributed by atoms with E-state index in [-0.39, 0.29) is 17.7 Å². The predicted octanol–water partition coefficient (Wildman–Crippen LogP) is 3.63. The Morgan fingerprint density at radius 2 is 2.24 bits per heavy atom. The number of carboxylic acid groups (broad SMARTS) is 1. The van der Waals surface area contributed by atoms with Gasteiger partial charge in [0.1, 0.15) is 5.82 Å². The lowest BCUT2D eigenvalue weighted by Crippen LogP contribution is -2.19. The molecule has 1 aromatic rings. The molecule has 1 aliphatic rings. The molecule has 1 N–H and O–H groups in total. The smallest absolute Gasteiger partial charge is 0.306 e. The number of carboxylic acids is 1. The van der Waals surface area contributed by atoms with Gasteiger partial charge in [-0.15, -0.1) is 0 Å².